The number of nitrogens with one attached hydrogen (secondary N) is 2. The molecule has 25 heavy (non-hydrogen) atoms. The average molecular weight is 365 g/mol. The molecule has 1 aliphatic carbocycles. The van der Waals surface area contributed by atoms with E-state index in [1.54, 1.807) is 18.2 Å². The lowest BCUT2D eigenvalue weighted by Crippen LogP contribution is -2.55. The van der Waals surface area contributed by atoms with Crippen molar-refractivity contribution in [3.63, 3.8) is 0 Å². The fourth-order valence-corrected chi connectivity index (χ4v) is 4.45. The largest absolute Gasteiger partial charge is 0.496 e. The van der Waals surface area contributed by atoms with E-state index in [4.69, 9.17) is 16.3 Å². The number of hydrogen-bond acceptors (Lipinski definition) is 3. The van der Waals surface area contributed by atoms with E-state index in [1.807, 2.05) is 0 Å². The SMILES string of the molecule is CCC1CC(=O)NC2CC(NC(=O)c3cc(Cl)ccc3OC)CCC12. The summed E-state index contributed by atoms with van der Waals surface area (Å²) in [5, 5.41) is 6.71. The van der Waals surface area contributed by atoms with E-state index in [9.17, 15) is 9.59 Å². The molecule has 2 amide bonds. The molecule has 6 heteroatoms. The molecule has 1 saturated heterocycles. The summed E-state index contributed by atoms with van der Waals surface area (Å²) in [6.07, 6.45) is 4.41. The quantitative estimate of drug-likeness (QED) is 0.862. The maximum atomic E-state index is 12.7. The van der Waals surface area contributed by atoms with Crippen molar-refractivity contribution < 1.29 is 14.3 Å². The van der Waals surface area contributed by atoms with Crippen molar-refractivity contribution in [1.29, 1.82) is 0 Å². The van der Waals surface area contributed by atoms with E-state index in [1.165, 1.54) is 7.11 Å². The number of carbonyl (C=O) groups is 2. The molecule has 0 aromatic heterocycles. The van der Waals surface area contributed by atoms with E-state index in [0.29, 0.717) is 34.6 Å². The molecule has 1 saturated carbocycles. The van der Waals surface area contributed by atoms with Crippen molar-refractivity contribution >= 4 is 23.4 Å². The second kappa shape index (κ2) is 7.65. The lowest BCUT2D eigenvalue weighted by atomic mass is 9.70. The number of fused-ring (bicyclic) bond motifs is 1. The monoisotopic (exact) mass is 364 g/mol. The molecule has 4 atom stereocenters. The summed E-state index contributed by atoms with van der Waals surface area (Å²) in [6.45, 7) is 2.15. The first-order valence-electron chi connectivity index (χ1n) is 8.95. The second-order valence-electron chi connectivity index (χ2n) is 7.04. The predicted molar refractivity (Wildman–Crippen MR) is 96.9 cm³/mol. The van der Waals surface area contributed by atoms with Crippen molar-refractivity contribution in [1.82, 2.24) is 10.6 Å². The van der Waals surface area contributed by atoms with E-state index in [-0.39, 0.29) is 23.9 Å². The van der Waals surface area contributed by atoms with Crippen LogP contribution in [0.25, 0.3) is 0 Å². The van der Waals surface area contributed by atoms with Crippen molar-refractivity contribution in [3.05, 3.63) is 28.8 Å². The van der Waals surface area contributed by atoms with Gasteiger partial charge in [0.2, 0.25) is 5.91 Å². The highest BCUT2D eigenvalue weighted by Crippen LogP contribution is 2.37. The van der Waals surface area contributed by atoms with Gasteiger partial charge in [-0.05, 0) is 49.3 Å². The van der Waals surface area contributed by atoms with Gasteiger partial charge in [0.25, 0.3) is 5.91 Å². The number of amides is 2. The summed E-state index contributed by atoms with van der Waals surface area (Å²) in [5.74, 6) is 1.45. The Hall–Kier alpha value is -1.75. The Bertz CT molecular complexity index is 664. The molecule has 2 N–H and O–H groups in total. The molecular formula is C19H25ClN2O3. The maximum Gasteiger partial charge on any atom is 0.255 e. The average Bonchev–Trinajstić information content (AvgIpc) is 2.60. The fourth-order valence-electron chi connectivity index (χ4n) is 4.28. The molecular weight excluding hydrogens is 340 g/mol. The van der Waals surface area contributed by atoms with Crippen LogP contribution in [0, 0.1) is 11.8 Å². The summed E-state index contributed by atoms with van der Waals surface area (Å²) in [6, 6.07) is 5.23. The van der Waals surface area contributed by atoms with Gasteiger partial charge in [0.05, 0.1) is 12.7 Å². The van der Waals surface area contributed by atoms with Gasteiger partial charge >= 0.3 is 0 Å². The molecule has 0 bridgehead atoms. The lowest BCUT2D eigenvalue weighted by molar-refractivity contribution is -0.127. The van der Waals surface area contributed by atoms with Crippen LogP contribution in [0.15, 0.2) is 18.2 Å². The van der Waals surface area contributed by atoms with Crippen LogP contribution in [0.1, 0.15) is 49.4 Å². The van der Waals surface area contributed by atoms with E-state index < -0.39 is 0 Å². The number of hydrogen-bond donors (Lipinski definition) is 2. The van der Waals surface area contributed by atoms with Crippen LogP contribution in [0.3, 0.4) is 0 Å². The summed E-state index contributed by atoms with van der Waals surface area (Å²) in [7, 11) is 1.54. The highest BCUT2D eigenvalue weighted by molar-refractivity contribution is 6.31. The molecule has 2 aliphatic rings. The van der Waals surface area contributed by atoms with Crippen LogP contribution in [0.2, 0.25) is 5.02 Å². The van der Waals surface area contributed by atoms with Gasteiger partial charge in [0.1, 0.15) is 5.75 Å². The molecule has 3 rings (SSSR count). The number of carbonyl (C=O) groups excluding carboxylic acids is 2. The molecule has 1 aliphatic heterocycles. The van der Waals surface area contributed by atoms with Gasteiger partial charge in [0.15, 0.2) is 0 Å². The van der Waals surface area contributed by atoms with Gasteiger partial charge < -0.3 is 15.4 Å². The summed E-state index contributed by atoms with van der Waals surface area (Å²) < 4.78 is 5.26. The number of benzene rings is 1. The first-order valence-corrected chi connectivity index (χ1v) is 9.33. The minimum Gasteiger partial charge on any atom is -0.496 e. The molecule has 2 fully saturated rings. The normalized spacial score (nSPS) is 28.7. The Morgan fingerprint density at radius 2 is 2.20 bits per heavy atom. The molecule has 1 aromatic rings. The van der Waals surface area contributed by atoms with Crippen LogP contribution in [0.4, 0.5) is 0 Å². The van der Waals surface area contributed by atoms with Crippen molar-refractivity contribution in [3.8, 4) is 5.75 Å². The molecule has 4 unspecified atom stereocenters. The highest BCUT2D eigenvalue weighted by atomic mass is 35.5. The molecule has 1 heterocycles. The zero-order valence-corrected chi connectivity index (χ0v) is 15.4. The summed E-state index contributed by atoms with van der Waals surface area (Å²) >= 11 is 6.02. The molecule has 0 radical (unpaired) electrons. The first-order chi connectivity index (χ1) is 12.0. The van der Waals surface area contributed by atoms with Gasteiger partial charge in [-0.25, -0.2) is 0 Å². The Labute approximate surface area is 153 Å². The van der Waals surface area contributed by atoms with Gasteiger partial charge in [0, 0.05) is 23.5 Å². The molecule has 1 aromatic carbocycles. The van der Waals surface area contributed by atoms with E-state index in [2.05, 4.69) is 17.6 Å². The third-order valence-corrected chi connectivity index (χ3v) is 5.80. The Morgan fingerprint density at radius 1 is 1.40 bits per heavy atom. The van der Waals surface area contributed by atoms with Gasteiger partial charge in [-0.15, -0.1) is 0 Å². The second-order valence-corrected chi connectivity index (χ2v) is 7.47. The van der Waals surface area contributed by atoms with Crippen LogP contribution in [-0.4, -0.2) is 31.0 Å². The highest BCUT2D eigenvalue weighted by Gasteiger charge is 2.40. The van der Waals surface area contributed by atoms with Gasteiger partial charge in [-0.2, -0.15) is 0 Å². The van der Waals surface area contributed by atoms with Crippen molar-refractivity contribution in [2.75, 3.05) is 7.11 Å². The molecule has 5 nitrogen and oxygen atoms in total. The van der Waals surface area contributed by atoms with E-state index >= 15 is 0 Å². The number of ether oxygens (including phenoxy) is 1. The molecule has 136 valence electrons. The lowest BCUT2D eigenvalue weighted by Gasteiger charge is -2.44. The third kappa shape index (κ3) is 3.92. The minimum absolute atomic E-state index is 0.0494. The van der Waals surface area contributed by atoms with Gasteiger partial charge in [-0.1, -0.05) is 24.9 Å². The minimum atomic E-state index is -0.183. The standard InChI is InChI=1S/C19H25ClN2O3/c1-3-11-8-18(23)22-16-10-13(5-6-14(11)16)21-19(24)15-9-12(20)4-7-17(15)25-2/h4,7,9,11,13-14,16H,3,5-6,8,10H2,1-2H3,(H,21,24)(H,22,23). The van der Waals surface area contributed by atoms with Crippen LogP contribution in [-0.2, 0) is 4.79 Å². The molecule has 0 spiro atoms. The van der Waals surface area contributed by atoms with Crippen molar-refractivity contribution in [2.45, 2.75) is 51.1 Å². The summed E-state index contributed by atoms with van der Waals surface area (Å²) in [5.41, 5.74) is 0.441. The van der Waals surface area contributed by atoms with Crippen LogP contribution >= 0.6 is 11.6 Å². The van der Waals surface area contributed by atoms with Crippen LogP contribution < -0.4 is 15.4 Å². The Kier molecular flexibility index (Phi) is 5.52. The van der Waals surface area contributed by atoms with Crippen LogP contribution in [0.5, 0.6) is 5.75 Å². The number of rotatable bonds is 4. The van der Waals surface area contributed by atoms with Crippen molar-refractivity contribution in [2.24, 2.45) is 11.8 Å². The fraction of sp³-hybridized carbons (Fsp3) is 0.579. The zero-order valence-electron chi connectivity index (χ0n) is 14.7. The topological polar surface area (TPSA) is 67.4 Å². The number of halogens is 1. The first kappa shape index (κ1) is 18.1. The summed E-state index contributed by atoms with van der Waals surface area (Å²) in [4.78, 5) is 24.6. The maximum absolute atomic E-state index is 12.7. The predicted octanol–water partition coefficient (Wildman–Crippen LogP) is 3.16. The Balaban J connectivity index is 1.67. The smallest absolute Gasteiger partial charge is 0.255 e. The van der Waals surface area contributed by atoms with E-state index in [0.717, 1.165) is 25.7 Å². The Morgan fingerprint density at radius 3 is 2.92 bits per heavy atom. The zero-order chi connectivity index (χ0) is 18.0. The number of piperidine rings is 1. The van der Waals surface area contributed by atoms with Gasteiger partial charge in [-0.3, -0.25) is 9.59 Å². The third-order valence-electron chi connectivity index (χ3n) is 5.57. The number of methoxy groups -OCH3 is 1.